The number of likely N-dealkylation sites (tertiary alicyclic amines) is 1. The van der Waals surface area contributed by atoms with Gasteiger partial charge in [0.1, 0.15) is 11.9 Å². The third-order valence-electron chi connectivity index (χ3n) is 4.19. The van der Waals surface area contributed by atoms with Crippen LogP contribution in [-0.2, 0) is 16.0 Å². The molecule has 1 saturated heterocycles. The first kappa shape index (κ1) is 15.8. The molecule has 0 radical (unpaired) electrons. The van der Waals surface area contributed by atoms with Crippen LogP contribution in [0, 0.1) is 0 Å². The molecule has 2 atom stereocenters. The number of methoxy groups -OCH3 is 1. The van der Waals surface area contributed by atoms with Crippen LogP contribution in [0.15, 0.2) is 24.3 Å². The van der Waals surface area contributed by atoms with Gasteiger partial charge in [0.05, 0.1) is 13.5 Å². The van der Waals surface area contributed by atoms with Crippen molar-refractivity contribution >= 4 is 5.97 Å². The van der Waals surface area contributed by atoms with E-state index in [1.165, 1.54) is 26.4 Å². The van der Waals surface area contributed by atoms with E-state index >= 15 is 0 Å². The first-order valence-corrected chi connectivity index (χ1v) is 7.63. The first-order chi connectivity index (χ1) is 10.1. The van der Waals surface area contributed by atoms with Gasteiger partial charge >= 0.3 is 5.97 Å². The molecule has 1 heterocycles. The van der Waals surface area contributed by atoms with Gasteiger partial charge in [-0.05, 0) is 51.1 Å². The van der Waals surface area contributed by atoms with Crippen molar-refractivity contribution in [1.29, 1.82) is 0 Å². The molecule has 1 aliphatic heterocycles. The number of ether oxygens (including phenoxy) is 2. The first-order valence-electron chi connectivity index (χ1n) is 7.63. The molecule has 0 bridgehead atoms. The van der Waals surface area contributed by atoms with Crippen LogP contribution in [0.1, 0.15) is 31.7 Å². The summed E-state index contributed by atoms with van der Waals surface area (Å²) in [6, 6.07) is 8.18. The largest absolute Gasteiger partial charge is 0.489 e. The average Bonchev–Trinajstić information content (AvgIpc) is 2.49. The lowest BCUT2D eigenvalue weighted by Gasteiger charge is -2.36. The van der Waals surface area contributed by atoms with Gasteiger partial charge in [-0.1, -0.05) is 18.6 Å². The zero-order valence-electron chi connectivity index (χ0n) is 13.2. The van der Waals surface area contributed by atoms with Gasteiger partial charge in [0.25, 0.3) is 0 Å². The number of piperidine rings is 1. The molecule has 21 heavy (non-hydrogen) atoms. The van der Waals surface area contributed by atoms with E-state index in [1.807, 2.05) is 24.3 Å². The minimum Gasteiger partial charge on any atom is -0.489 e. The molecule has 116 valence electrons. The Labute approximate surface area is 127 Å². The van der Waals surface area contributed by atoms with Crippen LogP contribution in [0.3, 0.4) is 0 Å². The molecule has 4 heteroatoms. The molecule has 1 fully saturated rings. The smallest absolute Gasteiger partial charge is 0.309 e. The number of nitrogens with zero attached hydrogens (tertiary/aromatic N) is 1. The lowest BCUT2D eigenvalue weighted by atomic mass is 9.99. The summed E-state index contributed by atoms with van der Waals surface area (Å²) in [6.45, 7) is 3.28. The van der Waals surface area contributed by atoms with Gasteiger partial charge in [0.2, 0.25) is 0 Å². The summed E-state index contributed by atoms with van der Waals surface area (Å²) < 4.78 is 10.7. The van der Waals surface area contributed by atoms with Gasteiger partial charge in [-0.3, -0.25) is 9.69 Å². The van der Waals surface area contributed by atoms with E-state index in [0.29, 0.717) is 12.5 Å². The second-order valence-electron chi connectivity index (χ2n) is 5.76. The van der Waals surface area contributed by atoms with Crippen LogP contribution >= 0.6 is 0 Å². The standard InChI is InChI=1S/C17H25NO3/c1-13(16-6-4-5-11-18(16)2)21-15-9-7-14(8-10-15)12-17(19)20-3/h7-10,13,16H,4-6,11-12H2,1-3H3. The van der Waals surface area contributed by atoms with Crippen LogP contribution in [0.5, 0.6) is 5.75 Å². The highest BCUT2D eigenvalue weighted by atomic mass is 16.5. The second kappa shape index (κ2) is 7.46. The minimum absolute atomic E-state index is 0.168. The molecule has 0 spiro atoms. The Balaban J connectivity index is 1.91. The Morgan fingerprint density at radius 1 is 1.33 bits per heavy atom. The van der Waals surface area contributed by atoms with Crippen molar-refractivity contribution in [3.63, 3.8) is 0 Å². The van der Waals surface area contributed by atoms with Crippen molar-refractivity contribution in [2.75, 3.05) is 20.7 Å². The zero-order chi connectivity index (χ0) is 15.2. The van der Waals surface area contributed by atoms with E-state index < -0.39 is 0 Å². The summed E-state index contributed by atoms with van der Waals surface area (Å²) >= 11 is 0. The monoisotopic (exact) mass is 291 g/mol. The quantitative estimate of drug-likeness (QED) is 0.782. The molecule has 2 rings (SSSR count). The molecule has 1 aromatic rings. The third kappa shape index (κ3) is 4.46. The second-order valence-corrected chi connectivity index (χ2v) is 5.76. The zero-order valence-corrected chi connectivity index (χ0v) is 13.2. The number of esters is 1. The predicted octanol–water partition coefficient (Wildman–Crippen LogP) is 2.65. The summed E-state index contributed by atoms with van der Waals surface area (Å²) in [4.78, 5) is 13.6. The molecular formula is C17H25NO3. The molecule has 0 amide bonds. The van der Waals surface area contributed by atoms with Crippen molar-refractivity contribution in [3.05, 3.63) is 29.8 Å². The normalized spacial score (nSPS) is 20.8. The van der Waals surface area contributed by atoms with Crippen LogP contribution in [0.2, 0.25) is 0 Å². The third-order valence-corrected chi connectivity index (χ3v) is 4.19. The van der Waals surface area contributed by atoms with Gasteiger partial charge in [-0.15, -0.1) is 0 Å². The molecule has 0 saturated carbocycles. The maximum Gasteiger partial charge on any atom is 0.309 e. The number of hydrogen-bond acceptors (Lipinski definition) is 4. The minimum atomic E-state index is -0.221. The highest BCUT2D eigenvalue weighted by Gasteiger charge is 2.25. The van der Waals surface area contributed by atoms with Gasteiger partial charge in [0.15, 0.2) is 0 Å². The summed E-state index contributed by atoms with van der Waals surface area (Å²) in [7, 11) is 3.57. The van der Waals surface area contributed by atoms with E-state index in [2.05, 4.69) is 23.6 Å². The van der Waals surface area contributed by atoms with Crippen molar-refractivity contribution in [2.24, 2.45) is 0 Å². The topological polar surface area (TPSA) is 38.8 Å². The number of carbonyl (C=O) groups excluding carboxylic acids is 1. The predicted molar refractivity (Wildman–Crippen MR) is 82.5 cm³/mol. The summed E-state index contributed by atoms with van der Waals surface area (Å²) in [6.07, 6.45) is 4.22. The fraction of sp³-hybridized carbons (Fsp3) is 0.588. The Morgan fingerprint density at radius 3 is 2.67 bits per heavy atom. The molecule has 0 N–H and O–H groups in total. The molecule has 2 unspecified atom stereocenters. The highest BCUT2D eigenvalue weighted by molar-refractivity contribution is 5.72. The Bertz CT molecular complexity index is 458. The number of carbonyl (C=O) groups is 1. The van der Waals surface area contributed by atoms with Crippen molar-refractivity contribution in [3.8, 4) is 5.75 Å². The van der Waals surface area contributed by atoms with E-state index in [0.717, 1.165) is 17.9 Å². The van der Waals surface area contributed by atoms with Gasteiger partial charge in [-0.25, -0.2) is 0 Å². The lowest BCUT2D eigenvalue weighted by molar-refractivity contribution is -0.139. The fourth-order valence-corrected chi connectivity index (χ4v) is 2.91. The molecule has 1 aromatic carbocycles. The molecular weight excluding hydrogens is 266 g/mol. The van der Waals surface area contributed by atoms with Crippen LogP contribution in [0.4, 0.5) is 0 Å². The Hall–Kier alpha value is -1.55. The average molecular weight is 291 g/mol. The SMILES string of the molecule is COC(=O)Cc1ccc(OC(C)C2CCCCN2C)cc1. The van der Waals surface area contributed by atoms with Crippen molar-refractivity contribution < 1.29 is 14.3 Å². The van der Waals surface area contributed by atoms with Crippen molar-refractivity contribution in [1.82, 2.24) is 4.90 Å². The molecule has 0 aliphatic carbocycles. The summed E-state index contributed by atoms with van der Waals surface area (Å²) in [5.41, 5.74) is 0.941. The fourth-order valence-electron chi connectivity index (χ4n) is 2.91. The number of hydrogen-bond donors (Lipinski definition) is 0. The van der Waals surface area contributed by atoms with Crippen LogP contribution < -0.4 is 4.74 Å². The van der Waals surface area contributed by atoms with E-state index in [-0.39, 0.29) is 12.1 Å². The molecule has 4 nitrogen and oxygen atoms in total. The summed E-state index contributed by atoms with van der Waals surface area (Å²) in [5.74, 6) is 0.635. The van der Waals surface area contributed by atoms with Crippen molar-refractivity contribution in [2.45, 2.75) is 44.8 Å². The lowest BCUT2D eigenvalue weighted by Crippen LogP contribution is -2.45. The van der Waals surface area contributed by atoms with Gasteiger partial charge < -0.3 is 9.47 Å². The van der Waals surface area contributed by atoms with Gasteiger partial charge in [0, 0.05) is 6.04 Å². The van der Waals surface area contributed by atoms with Crippen LogP contribution in [0.25, 0.3) is 0 Å². The summed E-state index contributed by atoms with van der Waals surface area (Å²) in [5, 5.41) is 0. The van der Waals surface area contributed by atoms with E-state index in [1.54, 1.807) is 0 Å². The molecule has 1 aliphatic rings. The Morgan fingerprint density at radius 2 is 2.05 bits per heavy atom. The van der Waals surface area contributed by atoms with Gasteiger partial charge in [-0.2, -0.15) is 0 Å². The van der Waals surface area contributed by atoms with E-state index in [4.69, 9.17) is 4.74 Å². The number of likely N-dealkylation sites (N-methyl/N-ethyl adjacent to an activating group) is 1. The number of rotatable bonds is 5. The number of benzene rings is 1. The maximum absolute atomic E-state index is 11.2. The molecule has 0 aromatic heterocycles. The van der Waals surface area contributed by atoms with E-state index in [9.17, 15) is 4.79 Å². The highest BCUT2D eigenvalue weighted by Crippen LogP contribution is 2.22. The van der Waals surface area contributed by atoms with Crippen LogP contribution in [-0.4, -0.2) is 43.7 Å². The Kier molecular flexibility index (Phi) is 5.62. The maximum atomic E-state index is 11.2.